The highest BCUT2D eigenvalue weighted by Crippen LogP contribution is 2.28. The Morgan fingerprint density at radius 2 is 1.87 bits per heavy atom. The molecule has 1 aromatic carbocycles. The smallest absolute Gasteiger partial charge is 0.379 e. The number of nitrogens with zero attached hydrogens (tertiary/aromatic N) is 3. The molecule has 7 nitrogen and oxygen atoms in total. The van der Waals surface area contributed by atoms with E-state index in [4.69, 9.17) is 4.74 Å². The van der Waals surface area contributed by atoms with Gasteiger partial charge >= 0.3 is 6.18 Å². The molecule has 31 heavy (non-hydrogen) atoms. The third-order valence-electron chi connectivity index (χ3n) is 5.59. The molecule has 3 rings (SSSR count). The number of fused-ring (bicyclic) bond motifs is 1. The van der Waals surface area contributed by atoms with Crippen LogP contribution in [0.25, 0.3) is 11.0 Å². The topological polar surface area (TPSA) is 76.5 Å². The maximum atomic E-state index is 13.4. The summed E-state index contributed by atoms with van der Waals surface area (Å²) in [5.74, 6) is -0.511. The number of ether oxygens (including phenoxy) is 1. The molecular weight excluding hydrogens is 413 g/mol. The van der Waals surface area contributed by atoms with Gasteiger partial charge < -0.3 is 10.1 Å². The van der Waals surface area contributed by atoms with Crippen molar-refractivity contribution in [3.63, 3.8) is 0 Å². The van der Waals surface area contributed by atoms with Gasteiger partial charge in [0.05, 0.1) is 24.2 Å². The van der Waals surface area contributed by atoms with Gasteiger partial charge in [0.25, 0.3) is 5.56 Å². The summed E-state index contributed by atoms with van der Waals surface area (Å²) in [6.45, 7) is 9.15. The van der Waals surface area contributed by atoms with E-state index in [0.29, 0.717) is 26.2 Å². The van der Waals surface area contributed by atoms with Gasteiger partial charge in [-0.3, -0.25) is 19.1 Å². The molecule has 1 amide bonds. The molecule has 1 aliphatic heterocycles. The lowest BCUT2D eigenvalue weighted by Gasteiger charge is -2.26. The van der Waals surface area contributed by atoms with Gasteiger partial charge in [-0.25, -0.2) is 4.98 Å². The van der Waals surface area contributed by atoms with Gasteiger partial charge in [-0.1, -0.05) is 0 Å². The van der Waals surface area contributed by atoms with Crippen molar-refractivity contribution in [1.29, 1.82) is 0 Å². The number of hydrogen-bond acceptors (Lipinski definition) is 5. The molecule has 0 aliphatic carbocycles. The first-order valence-electron chi connectivity index (χ1n) is 10.3. The first-order valence-corrected chi connectivity index (χ1v) is 10.3. The predicted octanol–water partition coefficient (Wildman–Crippen LogP) is 2.43. The molecule has 0 bridgehead atoms. The van der Waals surface area contributed by atoms with Gasteiger partial charge in [0.2, 0.25) is 11.6 Å². The Kier molecular flexibility index (Phi) is 7.00. The van der Waals surface area contributed by atoms with Gasteiger partial charge in [-0.2, -0.15) is 13.2 Å². The summed E-state index contributed by atoms with van der Waals surface area (Å²) >= 11 is 0. The SMILES string of the molecule is Cc1cc2nc(C(F)(F)F)c(=O)n(C(C)C(=O)NCCCN3CCOCC3)c2cc1C. The third kappa shape index (κ3) is 5.24. The number of amides is 1. The second-order valence-electron chi connectivity index (χ2n) is 7.83. The van der Waals surface area contributed by atoms with Crippen LogP contribution in [0.4, 0.5) is 13.2 Å². The number of nitrogens with one attached hydrogen (secondary N) is 1. The molecule has 2 heterocycles. The summed E-state index contributed by atoms with van der Waals surface area (Å²) < 4.78 is 46.5. The molecule has 1 saturated heterocycles. The Hall–Kier alpha value is -2.46. The van der Waals surface area contributed by atoms with Crippen LogP contribution in [0.3, 0.4) is 0 Å². The van der Waals surface area contributed by atoms with Crippen LogP contribution in [0.5, 0.6) is 0 Å². The van der Waals surface area contributed by atoms with E-state index in [1.807, 2.05) is 0 Å². The molecule has 0 saturated carbocycles. The Morgan fingerprint density at radius 3 is 2.52 bits per heavy atom. The van der Waals surface area contributed by atoms with Crippen molar-refractivity contribution in [2.45, 2.75) is 39.4 Å². The van der Waals surface area contributed by atoms with Crippen molar-refractivity contribution in [2.24, 2.45) is 0 Å². The van der Waals surface area contributed by atoms with Crippen LogP contribution >= 0.6 is 0 Å². The highest BCUT2D eigenvalue weighted by molar-refractivity contribution is 5.84. The lowest BCUT2D eigenvalue weighted by molar-refractivity contribution is -0.142. The van der Waals surface area contributed by atoms with E-state index in [-0.39, 0.29) is 11.0 Å². The fourth-order valence-corrected chi connectivity index (χ4v) is 3.63. The van der Waals surface area contributed by atoms with Crippen molar-refractivity contribution in [3.8, 4) is 0 Å². The molecule has 0 radical (unpaired) electrons. The molecule has 1 N–H and O–H groups in total. The summed E-state index contributed by atoms with van der Waals surface area (Å²) in [6, 6.07) is 1.98. The van der Waals surface area contributed by atoms with Gasteiger partial charge in [-0.05, 0) is 57.0 Å². The van der Waals surface area contributed by atoms with Crippen LogP contribution in [-0.2, 0) is 15.7 Å². The van der Waals surface area contributed by atoms with E-state index in [1.54, 1.807) is 19.9 Å². The van der Waals surface area contributed by atoms with Crippen LogP contribution in [0.2, 0.25) is 0 Å². The predicted molar refractivity (Wildman–Crippen MR) is 110 cm³/mol. The van der Waals surface area contributed by atoms with E-state index < -0.39 is 29.4 Å². The molecule has 1 aromatic heterocycles. The van der Waals surface area contributed by atoms with Gasteiger partial charge in [0, 0.05) is 19.6 Å². The van der Waals surface area contributed by atoms with E-state index in [1.165, 1.54) is 13.0 Å². The Morgan fingerprint density at radius 1 is 1.23 bits per heavy atom. The third-order valence-corrected chi connectivity index (χ3v) is 5.59. The number of benzene rings is 1. The molecule has 0 spiro atoms. The van der Waals surface area contributed by atoms with E-state index in [2.05, 4.69) is 15.2 Å². The zero-order valence-corrected chi connectivity index (χ0v) is 17.9. The second-order valence-corrected chi connectivity index (χ2v) is 7.83. The Labute approximate surface area is 178 Å². The van der Waals surface area contributed by atoms with Crippen LogP contribution in [0.1, 0.15) is 36.2 Å². The normalized spacial score (nSPS) is 16.5. The Balaban J connectivity index is 1.83. The van der Waals surface area contributed by atoms with Gasteiger partial charge in [0.1, 0.15) is 6.04 Å². The zero-order valence-electron chi connectivity index (χ0n) is 17.9. The number of aromatic nitrogens is 2. The number of rotatable bonds is 6. The quantitative estimate of drug-likeness (QED) is 0.699. The second kappa shape index (κ2) is 9.35. The standard InChI is InChI=1S/C21H27F3N4O3/c1-13-11-16-17(12-14(13)2)28(20(30)18(26-16)21(22,23)24)15(3)19(29)25-5-4-6-27-7-9-31-10-8-27/h11-12,15H,4-10H2,1-3H3,(H,25,29). The maximum Gasteiger partial charge on any atom is 0.438 e. The lowest BCUT2D eigenvalue weighted by Crippen LogP contribution is -2.41. The molecule has 1 aliphatic rings. The number of aryl methyl sites for hydroxylation is 2. The number of halogens is 3. The van der Waals surface area contributed by atoms with Crippen molar-refractivity contribution < 1.29 is 22.7 Å². The molecule has 1 fully saturated rings. The van der Waals surface area contributed by atoms with Crippen molar-refractivity contribution in [3.05, 3.63) is 39.3 Å². The minimum atomic E-state index is -4.92. The number of hydrogen-bond donors (Lipinski definition) is 1. The summed E-state index contributed by atoms with van der Waals surface area (Å²) in [7, 11) is 0. The number of carbonyl (C=O) groups excluding carboxylic acids is 1. The average molecular weight is 440 g/mol. The van der Waals surface area contributed by atoms with Crippen molar-refractivity contribution in [1.82, 2.24) is 19.8 Å². The van der Waals surface area contributed by atoms with E-state index in [0.717, 1.165) is 35.3 Å². The minimum absolute atomic E-state index is 0.0296. The number of carbonyl (C=O) groups is 1. The van der Waals surface area contributed by atoms with Crippen LogP contribution in [-0.4, -0.2) is 59.8 Å². The highest BCUT2D eigenvalue weighted by Gasteiger charge is 2.38. The first kappa shape index (κ1) is 23.2. The molecule has 2 aromatic rings. The first-order chi connectivity index (χ1) is 14.6. The average Bonchev–Trinajstić information content (AvgIpc) is 2.71. The van der Waals surface area contributed by atoms with Crippen molar-refractivity contribution >= 4 is 16.9 Å². The van der Waals surface area contributed by atoms with Gasteiger partial charge in [-0.15, -0.1) is 0 Å². The summed E-state index contributed by atoms with van der Waals surface area (Å²) in [5.41, 5.74) is -1.06. The van der Waals surface area contributed by atoms with Gasteiger partial charge in [0.15, 0.2) is 0 Å². The summed E-state index contributed by atoms with van der Waals surface area (Å²) in [4.78, 5) is 31.2. The van der Waals surface area contributed by atoms with Crippen LogP contribution in [0.15, 0.2) is 16.9 Å². The largest absolute Gasteiger partial charge is 0.438 e. The van der Waals surface area contributed by atoms with E-state index >= 15 is 0 Å². The monoisotopic (exact) mass is 440 g/mol. The van der Waals surface area contributed by atoms with Crippen molar-refractivity contribution in [2.75, 3.05) is 39.4 Å². The zero-order chi connectivity index (χ0) is 22.8. The lowest BCUT2D eigenvalue weighted by atomic mass is 10.1. The van der Waals surface area contributed by atoms with Crippen LogP contribution in [0, 0.1) is 13.8 Å². The summed E-state index contributed by atoms with van der Waals surface area (Å²) in [5, 5.41) is 2.74. The maximum absolute atomic E-state index is 13.4. The molecule has 10 heteroatoms. The highest BCUT2D eigenvalue weighted by atomic mass is 19.4. The van der Waals surface area contributed by atoms with E-state index in [9.17, 15) is 22.8 Å². The molecule has 1 unspecified atom stereocenters. The summed E-state index contributed by atoms with van der Waals surface area (Å²) in [6.07, 6.45) is -4.23. The Bertz CT molecular complexity index is 1010. The fourth-order valence-electron chi connectivity index (χ4n) is 3.63. The molecular formula is C21H27F3N4O3. The number of morpholine rings is 1. The molecule has 1 atom stereocenters. The minimum Gasteiger partial charge on any atom is -0.379 e. The fraction of sp³-hybridized carbons (Fsp3) is 0.571. The number of alkyl halides is 3. The molecule has 170 valence electrons. The van der Waals surface area contributed by atoms with Crippen LogP contribution < -0.4 is 10.9 Å².